The summed E-state index contributed by atoms with van der Waals surface area (Å²) in [6.07, 6.45) is 0. The highest BCUT2D eigenvalue weighted by Crippen LogP contribution is 2.34. The van der Waals surface area contributed by atoms with Gasteiger partial charge in [0.1, 0.15) is 17.3 Å². The lowest BCUT2D eigenvalue weighted by Gasteiger charge is -2.09. The molecule has 0 fully saturated rings. The molecule has 108 valence electrons. The zero-order chi connectivity index (χ0) is 15.0. The van der Waals surface area contributed by atoms with E-state index in [1.54, 1.807) is 25.3 Å². The number of hydrogen-bond donors (Lipinski definition) is 1. The molecule has 3 rings (SSSR count). The molecule has 0 aliphatic rings. The quantitative estimate of drug-likeness (QED) is 0.772. The number of aromatic nitrogens is 2. The Kier molecular flexibility index (Phi) is 3.59. The maximum Gasteiger partial charge on any atom is 0.145 e. The highest BCUT2D eigenvalue weighted by molar-refractivity contribution is 9.10. The van der Waals surface area contributed by atoms with Crippen molar-refractivity contribution in [3.63, 3.8) is 0 Å². The van der Waals surface area contributed by atoms with Gasteiger partial charge in [0.2, 0.25) is 0 Å². The molecule has 0 saturated heterocycles. The van der Waals surface area contributed by atoms with Crippen molar-refractivity contribution >= 4 is 27.0 Å². The van der Waals surface area contributed by atoms with Crippen LogP contribution in [0.3, 0.4) is 0 Å². The summed E-state index contributed by atoms with van der Waals surface area (Å²) in [4.78, 5) is 4.67. The number of halogens is 1. The van der Waals surface area contributed by atoms with Crippen LogP contribution in [0, 0.1) is 0 Å². The molecule has 0 amide bonds. The van der Waals surface area contributed by atoms with Gasteiger partial charge < -0.3 is 14.4 Å². The lowest BCUT2D eigenvalue weighted by atomic mass is 10.1. The van der Waals surface area contributed by atoms with E-state index in [0.717, 1.165) is 27.9 Å². The molecule has 0 bridgehead atoms. The van der Waals surface area contributed by atoms with E-state index in [1.807, 2.05) is 18.2 Å². The Morgan fingerprint density at radius 1 is 1.24 bits per heavy atom. The molecule has 1 aromatic heterocycles. The maximum atomic E-state index is 10.2. The van der Waals surface area contributed by atoms with Gasteiger partial charge in [-0.3, -0.25) is 0 Å². The number of imidazole rings is 1. The SMILES string of the molecule is CCn1c(-c2cc(OC)ccc2O)nc2cc(Br)ccc21. The average Bonchev–Trinajstić information content (AvgIpc) is 2.85. The lowest BCUT2D eigenvalue weighted by molar-refractivity contribution is 0.412. The summed E-state index contributed by atoms with van der Waals surface area (Å²) in [6, 6.07) is 11.2. The third kappa shape index (κ3) is 2.38. The first-order valence-corrected chi connectivity index (χ1v) is 7.46. The Balaban J connectivity index is 2.29. The molecule has 1 N–H and O–H groups in total. The minimum atomic E-state index is 0.194. The van der Waals surface area contributed by atoms with Crippen LogP contribution >= 0.6 is 15.9 Å². The van der Waals surface area contributed by atoms with E-state index in [1.165, 1.54) is 0 Å². The minimum Gasteiger partial charge on any atom is -0.507 e. The standard InChI is InChI=1S/C16H15BrN2O2/c1-3-19-14-6-4-10(17)8-13(14)18-16(19)12-9-11(21-2)5-7-15(12)20/h4-9,20H,3H2,1-2H3. The summed E-state index contributed by atoms with van der Waals surface area (Å²) in [7, 11) is 1.61. The highest BCUT2D eigenvalue weighted by atomic mass is 79.9. The van der Waals surface area contributed by atoms with Crippen molar-refractivity contribution in [1.82, 2.24) is 9.55 Å². The number of rotatable bonds is 3. The molecule has 21 heavy (non-hydrogen) atoms. The summed E-state index contributed by atoms with van der Waals surface area (Å²) < 4.78 is 8.31. The van der Waals surface area contributed by atoms with Crippen molar-refractivity contribution in [2.75, 3.05) is 7.11 Å². The Hall–Kier alpha value is -2.01. The van der Waals surface area contributed by atoms with Crippen LogP contribution in [0.4, 0.5) is 0 Å². The van der Waals surface area contributed by atoms with Crippen molar-refractivity contribution in [3.8, 4) is 22.9 Å². The monoisotopic (exact) mass is 346 g/mol. The van der Waals surface area contributed by atoms with Crippen molar-refractivity contribution in [2.45, 2.75) is 13.5 Å². The molecule has 0 unspecified atom stereocenters. The molecule has 0 atom stereocenters. The number of nitrogens with zero attached hydrogens (tertiary/aromatic N) is 2. The number of methoxy groups -OCH3 is 1. The fourth-order valence-electron chi connectivity index (χ4n) is 2.45. The molecule has 0 radical (unpaired) electrons. The number of aryl methyl sites for hydroxylation is 1. The van der Waals surface area contributed by atoms with E-state index in [2.05, 4.69) is 32.4 Å². The molecule has 0 aliphatic heterocycles. The van der Waals surface area contributed by atoms with Gasteiger partial charge in [0.15, 0.2) is 0 Å². The molecular formula is C16H15BrN2O2. The Morgan fingerprint density at radius 3 is 2.76 bits per heavy atom. The number of hydrogen-bond acceptors (Lipinski definition) is 3. The summed E-state index contributed by atoms with van der Waals surface area (Å²) in [6.45, 7) is 2.83. The van der Waals surface area contributed by atoms with Gasteiger partial charge >= 0.3 is 0 Å². The van der Waals surface area contributed by atoms with E-state index in [0.29, 0.717) is 11.3 Å². The lowest BCUT2D eigenvalue weighted by Crippen LogP contribution is -1.98. The molecule has 1 heterocycles. The topological polar surface area (TPSA) is 47.3 Å². The number of aromatic hydroxyl groups is 1. The third-order valence-corrected chi connectivity index (χ3v) is 3.96. The van der Waals surface area contributed by atoms with Gasteiger partial charge in [-0.15, -0.1) is 0 Å². The summed E-state index contributed by atoms with van der Waals surface area (Å²) in [5.41, 5.74) is 2.60. The second-order valence-electron chi connectivity index (χ2n) is 4.70. The number of phenols is 1. The molecule has 2 aromatic carbocycles. The summed E-state index contributed by atoms with van der Waals surface area (Å²) in [5, 5.41) is 10.2. The van der Waals surface area contributed by atoms with Crippen molar-refractivity contribution in [1.29, 1.82) is 0 Å². The molecule has 4 nitrogen and oxygen atoms in total. The van der Waals surface area contributed by atoms with Crippen LogP contribution < -0.4 is 4.74 Å². The van der Waals surface area contributed by atoms with Crippen molar-refractivity contribution in [3.05, 3.63) is 40.9 Å². The Labute approximate surface area is 131 Å². The number of fused-ring (bicyclic) bond motifs is 1. The van der Waals surface area contributed by atoms with Crippen LogP contribution in [-0.2, 0) is 6.54 Å². The van der Waals surface area contributed by atoms with Crippen LogP contribution in [-0.4, -0.2) is 21.8 Å². The molecular weight excluding hydrogens is 332 g/mol. The summed E-state index contributed by atoms with van der Waals surface area (Å²) in [5.74, 6) is 1.63. The molecule has 0 spiro atoms. The van der Waals surface area contributed by atoms with Crippen molar-refractivity contribution in [2.24, 2.45) is 0 Å². The Morgan fingerprint density at radius 2 is 2.05 bits per heavy atom. The van der Waals surface area contributed by atoms with Gasteiger partial charge in [0.05, 0.1) is 23.7 Å². The number of ether oxygens (including phenoxy) is 1. The number of phenolic OH excluding ortho intramolecular Hbond substituents is 1. The van der Waals surface area contributed by atoms with Crippen LogP contribution in [0.2, 0.25) is 0 Å². The molecule has 3 aromatic rings. The predicted molar refractivity (Wildman–Crippen MR) is 86.8 cm³/mol. The van der Waals surface area contributed by atoms with Gasteiger partial charge in [0, 0.05) is 11.0 Å². The first kappa shape index (κ1) is 13.9. The van der Waals surface area contributed by atoms with Crippen LogP contribution in [0.5, 0.6) is 11.5 Å². The van der Waals surface area contributed by atoms with Gasteiger partial charge in [-0.1, -0.05) is 15.9 Å². The normalized spacial score (nSPS) is 11.0. The first-order valence-electron chi connectivity index (χ1n) is 6.67. The fourth-order valence-corrected chi connectivity index (χ4v) is 2.80. The Bertz CT molecular complexity index is 811. The third-order valence-electron chi connectivity index (χ3n) is 3.47. The minimum absolute atomic E-state index is 0.194. The van der Waals surface area contributed by atoms with Crippen LogP contribution in [0.1, 0.15) is 6.92 Å². The highest BCUT2D eigenvalue weighted by Gasteiger charge is 2.15. The zero-order valence-electron chi connectivity index (χ0n) is 11.8. The number of benzene rings is 2. The smallest absolute Gasteiger partial charge is 0.145 e. The average molecular weight is 347 g/mol. The second-order valence-corrected chi connectivity index (χ2v) is 5.61. The molecule has 5 heteroatoms. The van der Waals surface area contributed by atoms with Gasteiger partial charge in [0.25, 0.3) is 0 Å². The zero-order valence-corrected chi connectivity index (χ0v) is 13.4. The van der Waals surface area contributed by atoms with Crippen LogP contribution in [0.15, 0.2) is 40.9 Å². The van der Waals surface area contributed by atoms with Crippen LogP contribution in [0.25, 0.3) is 22.4 Å². The first-order chi connectivity index (χ1) is 10.1. The molecule has 0 saturated carbocycles. The van der Waals surface area contributed by atoms with E-state index < -0.39 is 0 Å². The molecule has 0 aliphatic carbocycles. The van der Waals surface area contributed by atoms with E-state index in [-0.39, 0.29) is 5.75 Å². The van der Waals surface area contributed by atoms with E-state index in [4.69, 9.17) is 4.74 Å². The van der Waals surface area contributed by atoms with E-state index in [9.17, 15) is 5.11 Å². The van der Waals surface area contributed by atoms with E-state index >= 15 is 0 Å². The summed E-state index contributed by atoms with van der Waals surface area (Å²) >= 11 is 3.46. The van der Waals surface area contributed by atoms with Gasteiger partial charge in [-0.05, 0) is 43.3 Å². The van der Waals surface area contributed by atoms with Gasteiger partial charge in [-0.25, -0.2) is 4.98 Å². The predicted octanol–water partition coefficient (Wildman–Crippen LogP) is 4.20. The second kappa shape index (κ2) is 5.41. The fraction of sp³-hybridized carbons (Fsp3) is 0.188. The maximum absolute atomic E-state index is 10.2. The largest absolute Gasteiger partial charge is 0.507 e. The van der Waals surface area contributed by atoms with Crippen molar-refractivity contribution < 1.29 is 9.84 Å². The van der Waals surface area contributed by atoms with Gasteiger partial charge in [-0.2, -0.15) is 0 Å².